The smallest absolute Gasteiger partial charge is 0.178 e. The number of nitrogens with two attached hydrogens (primary N) is 1. The molecule has 0 atom stereocenters. The summed E-state index contributed by atoms with van der Waals surface area (Å²) in [5, 5.41) is 4.04. The van der Waals surface area contributed by atoms with E-state index in [9.17, 15) is 8.42 Å². The Bertz CT molecular complexity index is 647. The molecule has 0 spiro atoms. The Morgan fingerprint density at radius 1 is 1.33 bits per heavy atom. The first-order valence-corrected chi connectivity index (χ1v) is 7.38. The molecule has 18 heavy (non-hydrogen) atoms. The van der Waals surface area contributed by atoms with E-state index in [1.807, 2.05) is 24.3 Å². The van der Waals surface area contributed by atoms with Crippen molar-refractivity contribution in [3.05, 3.63) is 47.8 Å². The van der Waals surface area contributed by atoms with Crippen LogP contribution >= 0.6 is 0 Å². The van der Waals surface area contributed by atoms with Crippen LogP contribution < -0.4 is 5.73 Å². The number of sulfone groups is 1. The Balaban J connectivity index is 2.21. The fraction of sp³-hybridized carbons (Fsp3) is 0.250. The number of rotatable bonds is 4. The molecule has 1 heterocycles. The molecule has 1 aromatic carbocycles. The lowest BCUT2D eigenvalue weighted by molar-refractivity contribution is 0.601. The zero-order chi connectivity index (χ0) is 13.2. The van der Waals surface area contributed by atoms with Crippen molar-refractivity contribution in [1.82, 2.24) is 9.78 Å². The van der Waals surface area contributed by atoms with Gasteiger partial charge < -0.3 is 5.73 Å². The first kappa shape index (κ1) is 12.8. The molecule has 96 valence electrons. The average molecular weight is 265 g/mol. The molecule has 0 bridgehead atoms. The number of benzene rings is 1. The van der Waals surface area contributed by atoms with E-state index in [4.69, 9.17) is 5.73 Å². The van der Waals surface area contributed by atoms with Crippen LogP contribution in [0.25, 0.3) is 0 Å². The van der Waals surface area contributed by atoms with Crippen LogP contribution in [0.5, 0.6) is 0 Å². The number of aromatic nitrogens is 2. The van der Waals surface area contributed by atoms with E-state index < -0.39 is 9.84 Å². The third-order valence-corrected chi connectivity index (χ3v) is 3.68. The normalized spacial score (nSPS) is 11.7. The summed E-state index contributed by atoms with van der Waals surface area (Å²) in [7, 11) is -3.19. The van der Waals surface area contributed by atoms with Crippen molar-refractivity contribution in [2.24, 2.45) is 5.73 Å². The largest absolute Gasteiger partial charge is 0.326 e. The molecule has 5 nitrogen and oxygen atoms in total. The second kappa shape index (κ2) is 4.91. The van der Waals surface area contributed by atoms with Crippen molar-refractivity contribution in [2.45, 2.75) is 18.0 Å². The van der Waals surface area contributed by atoms with Gasteiger partial charge in [0.25, 0.3) is 0 Å². The fourth-order valence-electron chi connectivity index (χ4n) is 1.66. The Morgan fingerprint density at radius 3 is 2.67 bits per heavy atom. The molecule has 0 aliphatic heterocycles. The highest BCUT2D eigenvalue weighted by Gasteiger charge is 2.09. The van der Waals surface area contributed by atoms with Gasteiger partial charge in [0.15, 0.2) is 9.84 Å². The number of hydrogen-bond donors (Lipinski definition) is 1. The van der Waals surface area contributed by atoms with Crippen LogP contribution in [0.4, 0.5) is 0 Å². The quantitative estimate of drug-likeness (QED) is 0.886. The first-order valence-electron chi connectivity index (χ1n) is 5.49. The molecule has 0 saturated carbocycles. The molecule has 0 unspecified atom stereocenters. The zero-order valence-corrected chi connectivity index (χ0v) is 10.9. The lowest BCUT2D eigenvalue weighted by atomic mass is 10.1. The highest BCUT2D eigenvalue weighted by atomic mass is 32.2. The van der Waals surface area contributed by atoms with Gasteiger partial charge in [0.2, 0.25) is 0 Å². The van der Waals surface area contributed by atoms with Crippen molar-refractivity contribution >= 4 is 9.84 Å². The minimum atomic E-state index is -3.19. The lowest BCUT2D eigenvalue weighted by Crippen LogP contribution is -2.02. The standard InChI is InChI=1S/C12H15N3O2S/c1-18(16,17)12-7-14-15(9-12)8-11-4-2-3-10(5-11)6-13/h2-5,7,9H,6,8,13H2,1H3. The SMILES string of the molecule is CS(=O)(=O)c1cnn(Cc2cccc(CN)c2)c1. The van der Waals surface area contributed by atoms with Crippen LogP contribution in [-0.4, -0.2) is 24.5 Å². The van der Waals surface area contributed by atoms with Gasteiger partial charge >= 0.3 is 0 Å². The van der Waals surface area contributed by atoms with Gasteiger partial charge in [-0.1, -0.05) is 24.3 Å². The van der Waals surface area contributed by atoms with Crippen LogP contribution in [0.2, 0.25) is 0 Å². The molecule has 2 N–H and O–H groups in total. The average Bonchev–Trinajstić information content (AvgIpc) is 2.77. The molecule has 0 saturated heterocycles. The molecule has 0 amide bonds. The van der Waals surface area contributed by atoms with Crippen molar-refractivity contribution in [1.29, 1.82) is 0 Å². The lowest BCUT2D eigenvalue weighted by Gasteiger charge is -2.03. The summed E-state index contributed by atoms with van der Waals surface area (Å²) in [5.41, 5.74) is 7.66. The molecule has 0 fully saturated rings. The maximum Gasteiger partial charge on any atom is 0.178 e. The Hall–Kier alpha value is -1.66. The van der Waals surface area contributed by atoms with Gasteiger partial charge in [0, 0.05) is 19.0 Å². The Labute approximate surface area is 106 Å². The van der Waals surface area contributed by atoms with Crippen LogP contribution in [-0.2, 0) is 22.9 Å². The van der Waals surface area contributed by atoms with Crippen LogP contribution in [0.3, 0.4) is 0 Å². The molecule has 1 aromatic heterocycles. The van der Waals surface area contributed by atoms with E-state index in [0.29, 0.717) is 13.1 Å². The highest BCUT2D eigenvalue weighted by Crippen LogP contribution is 2.10. The van der Waals surface area contributed by atoms with Gasteiger partial charge in [0.05, 0.1) is 12.7 Å². The summed E-state index contributed by atoms with van der Waals surface area (Å²) in [6.07, 6.45) is 4.07. The van der Waals surface area contributed by atoms with E-state index in [0.717, 1.165) is 11.1 Å². The van der Waals surface area contributed by atoms with Crippen molar-refractivity contribution in [3.63, 3.8) is 0 Å². The monoisotopic (exact) mass is 265 g/mol. The molecule has 6 heteroatoms. The molecule has 0 aliphatic rings. The molecule has 2 aromatic rings. The summed E-state index contributed by atoms with van der Waals surface area (Å²) in [5.74, 6) is 0. The van der Waals surface area contributed by atoms with Crippen molar-refractivity contribution < 1.29 is 8.42 Å². The molecular formula is C12H15N3O2S. The van der Waals surface area contributed by atoms with Crippen LogP contribution in [0.15, 0.2) is 41.6 Å². The summed E-state index contributed by atoms with van der Waals surface area (Å²) in [4.78, 5) is 0.234. The predicted octanol–water partition coefficient (Wildman–Crippen LogP) is 0.794. The second-order valence-electron chi connectivity index (χ2n) is 4.17. The summed E-state index contributed by atoms with van der Waals surface area (Å²) in [6.45, 7) is 1.02. The first-order chi connectivity index (χ1) is 8.49. The highest BCUT2D eigenvalue weighted by molar-refractivity contribution is 7.90. The molecule has 2 rings (SSSR count). The number of hydrogen-bond acceptors (Lipinski definition) is 4. The third-order valence-electron chi connectivity index (χ3n) is 2.61. The van der Waals surface area contributed by atoms with Crippen LogP contribution in [0.1, 0.15) is 11.1 Å². The van der Waals surface area contributed by atoms with Gasteiger partial charge in [-0.3, -0.25) is 4.68 Å². The van der Waals surface area contributed by atoms with E-state index in [1.165, 1.54) is 18.6 Å². The molecule has 0 radical (unpaired) electrons. The summed E-state index contributed by atoms with van der Waals surface area (Å²) < 4.78 is 24.3. The van der Waals surface area contributed by atoms with E-state index in [-0.39, 0.29) is 4.90 Å². The zero-order valence-electron chi connectivity index (χ0n) is 10.1. The van der Waals surface area contributed by atoms with Crippen molar-refractivity contribution in [3.8, 4) is 0 Å². The van der Waals surface area contributed by atoms with Crippen LogP contribution in [0, 0.1) is 0 Å². The predicted molar refractivity (Wildman–Crippen MR) is 68.8 cm³/mol. The minimum Gasteiger partial charge on any atom is -0.326 e. The minimum absolute atomic E-state index is 0.234. The maximum absolute atomic E-state index is 11.3. The van der Waals surface area contributed by atoms with E-state index >= 15 is 0 Å². The summed E-state index contributed by atoms with van der Waals surface area (Å²) in [6, 6.07) is 7.83. The molecular weight excluding hydrogens is 250 g/mol. The second-order valence-corrected chi connectivity index (χ2v) is 6.19. The Morgan fingerprint density at radius 2 is 2.06 bits per heavy atom. The van der Waals surface area contributed by atoms with Crippen molar-refractivity contribution in [2.75, 3.05) is 6.26 Å². The van der Waals surface area contributed by atoms with Gasteiger partial charge in [-0.2, -0.15) is 5.10 Å². The van der Waals surface area contributed by atoms with E-state index in [1.54, 1.807) is 4.68 Å². The van der Waals surface area contributed by atoms with E-state index in [2.05, 4.69) is 5.10 Å². The maximum atomic E-state index is 11.3. The summed E-state index contributed by atoms with van der Waals surface area (Å²) >= 11 is 0. The topological polar surface area (TPSA) is 78.0 Å². The fourth-order valence-corrected chi connectivity index (χ4v) is 2.22. The van der Waals surface area contributed by atoms with Gasteiger partial charge in [-0.05, 0) is 11.1 Å². The van der Waals surface area contributed by atoms with Gasteiger partial charge in [-0.15, -0.1) is 0 Å². The van der Waals surface area contributed by atoms with Gasteiger partial charge in [-0.25, -0.2) is 8.42 Å². The van der Waals surface area contributed by atoms with Gasteiger partial charge in [0.1, 0.15) is 4.90 Å². The molecule has 0 aliphatic carbocycles. The third kappa shape index (κ3) is 2.96. The number of nitrogens with zero attached hydrogens (tertiary/aromatic N) is 2. The Kier molecular flexibility index (Phi) is 3.49.